The lowest BCUT2D eigenvalue weighted by Crippen LogP contribution is -2.15. The Hall–Kier alpha value is -6.64. The summed E-state index contributed by atoms with van der Waals surface area (Å²) in [5, 5.41) is 12.7. The molecule has 2 heterocycles. The summed E-state index contributed by atoms with van der Waals surface area (Å²) in [5.41, 5.74) is 13.1. The summed E-state index contributed by atoms with van der Waals surface area (Å²) >= 11 is 0. The smallest absolute Gasteiger partial charge is 0.135 e. The fourth-order valence-corrected chi connectivity index (χ4v) is 9.77. The van der Waals surface area contributed by atoms with Crippen molar-refractivity contribution in [3.63, 3.8) is 0 Å². The van der Waals surface area contributed by atoms with Crippen LogP contribution >= 0.6 is 0 Å². The van der Waals surface area contributed by atoms with Crippen molar-refractivity contribution in [2.75, 3.05) is 0 Å². The van der Waals surface area contributed by atoms with E-state index in [1.165, 1.54) is 104 Å². The maximum Gasteiger partial charge on any atom is 0.135 e. The van der Waals surface area contributed by atoms with Gasteiger partial charge >= 0.3 is 0 Å². The van der Waals surface area contributed by atoms with Crippen LogP contribution in [-0.4, -0.2) is 4.57 Å². The number of nitrogens with zero attached hydrogens (tertiary/aromatic N) is 1. The minimum absolute atomic E-state index is 0.204. The van der Waals surface area contributed by atoms with Gasteiger partial charge in [-0.25, -0.2) is 0 Å². The molecule has 0 fully saturated rings. The number of aromatic nitrogens is 1. The summed E-state index contributed by atoms with van der Waals surface area (Å²) in [5.74, 6) is 0. The normalized spacial score (nSPS) is 13.6. The summed E-state index contributed by atoms with van der Waals surface area (Å²) < 4.78 is 8.80. The van der Waals surface area contributed by atoms with Crippen LogP contribution in [0.5, 0.6) is 0 Å². The third kappa shape index (κ3) is 3.82. The SMILES string of the molecule is CC1(C)c2cc(-n3c4ccccc4c4cc(-c5ccc6c7ccccc7c7ccccc7c6c5)ccc43)ccc2-c2ccc3oc4ccccc4c3c21. The molecule has 1 aliphatic rings. The van der Waals surface area contributed by atoms with Gasteiger partial charge in [-0.1, -0.05) is 129 Å². The highest BCUT2D eigenvalue weighted by atomic mass is 16.3. The van der Waals surface area contributed by atoms with Crippen LogP contribution in [0.4, 0.5) is 0 Å². The molecule has 0 saturated carbocycles. The number of fused-ring (bicyclic) bond motifs is 16. The van der Waals surface area contributed by atoms with Crippen molar-refractivity contribution in [3.05, 3.63) is 175 Å². The minimum atomic E-state index is -0.204. The maximum atomic E-state index is 6.34. The van der Waals surface area contributed by atoms with Crippen LogP contribution in [0.25, 0.3) is 104 Å². The molecule has 9 aromatic carbocycles. The van der Waals surface area contributed by atoms with Crippen molar-refractivity contribution in [2.45, 2.75) is 19.3 Å². The molecular weight excluding hydrogens is 643 g/mol. The second-order valence-electron chi connectivity index (χ2n) is 15.3. The van der Waals surface area contributed by atoms with E-state index in [1.807, 2.05) is 0 Å². The predicted molar refractivity (Wildman–Crippen MR) is 224 cm³/mol. The van der Waals surface area contributed by atoms with E-state index in [-0.39, 0.29) is 5.41 Å². The first-order chi connectivity index (χ1) is 26.0. The summed E-state index contributed by atoms with van der Waals surface area (Å²) in [6, 6.07) is 60.4. The molecule has 0 radical (unpaired) electrons. The van der Waals surface area contributed by atoms with Crippen LogP contribution in [0.3, 0.4) is 0 Å². The van der Waals surface area contributed by atoms with E-state index in [0.29, 0.717) is 0 Å². The Morgan fingerprint density at radius 2 is 0.981 bits per heavy atom. The Labute approximate surface area is 306 Å². The van der Waals surface area contributed by atoms with Gasteiger partial charge < -0.3 is 8.98 Å². The first-order valence-electron chi connectivity index (χ1n) is 18.5. The molecule has 0 amide bonds. The second kappa shape index (κ2) is 10.2. The quantitative estimate of drug-likeness (QED) is 0.167. The van der Waals surface area contributed by atoms with Gasteiger partial charge in [0, 0.05) is 32.6 Å². The first-order valence-corrected chi connectivity index (χ1v) is 18.5. The fraction of sp³-hybridized carbons (Fsp3) is 0.0588. The van der Waals surface area contributed by atoms with Gasteiger partial charge in [0.05, 0.1) is 11.0 Å². The Bertz CT molecular complexity index is 3340. The number of hydrogen-bond acceptors (Lipinski definition) is 1. The molecule has 0 spiro atoms. The summed E-state index contributed by atoms with van der Waals surface area (Å²) in [6.45, 7) is 4.74. The zero-order chi connectivity index (χ0) is 35.0. The van der Waals surface area contributed by atoms with Crippen molar-refractivity contribution >= 4 is 76.1 Å². The monoisotopic (exact) mass is 675 g/mol. The summed E-state index contributed by atoms with van der Waals surface area (Å²) in [4.78, 5) is 0. The zero-order valence-corrected chi connectivity index (χ0v) is 29.4. The molecule has 0 saturated heterocycles. The van der Waals surface area contributed by atoms with Gasteiger partial charge in [-0.2, -0.15) is 0 Å². The largest absolute Gasteiger partial charge is 0.456 e. The van der Waals surface area contributed by atoms with Crippen LogP contribution in [0.2, 0.25) is 0 Å². The molecule has 53 heavy (non-hydrogen) atoms. The van der Waals surface area contributed by atoms with Gasteiger partial charge in [0.25, 0.3) is 0 Å². The average molecular weight is 676 g/mol. The Morgan fingerprint density at radius 1 is 0.415 bits per heavy atom. The zero-order valence-electron chi connectivity index (χ0n) is 29.4. The van der Waals surface area contributed by atoms with Crippen LogP contribution in [0.15, 0.2) is 168 Å². The van der Waals surface area contributed by atoms with Gasteiger partial charge in [-0.05, 0) is 114 Å². The van der Waals surface area contributed by atoms with Crippen molar-refractivity contribution in [1.29, 1.82) is 0 Å². The number of rotatable bonds is 2. The van der Waals surface area contributed by atoms with Gasteiger partial charge in [0.2, 0.25) is 0 Å². The van der Waals surface area contributed by atoms with Gasteiger partial charge in [0.15, 0.2) is 0 Å². The molecular formula is C51H33NO. The minimum Gasteiger partial charge on any atom is -0.456 e. The molecule has 0 aliphatic heterocycles. The van der Waals surface area contributed by atoms with Crippen molar-refractivity contribution in [3.8, 4) is 27.9 Å². The van der Waals surface area contributed by atoms with Gasteiger partial charge in [-0.3, -0.25) is 0 Å². The van der Waals surface area contributed by atoms with Crippen molar-refractivity contribution in [1.82, 2.24) is 4.57 Å². The van der Waals surface area contributed by atoms with E-state index in [9.17, 15) is 0 Å². The molecule has 2 heteroatoms. The van der Waals surface area contributed by atoms with Gasteiger partial charge in [-0.15, -0.1) is 0 Å². The fourth-order valence-electron chi connectivity index (χ4n) is 9.77. The number of para-hydroxylation sites is 2. The Balaban J connectivity index is 1.04. The lowest BCUT2D eigenvalue weighted by molar-refractivity contribution is 0.656. The van der Waals surface area contributed by atoms with Gasteiger partial charge in [0.1, 0.15) is 11.2 Å². The molecule has 248 valence electrons. The van der Waals surface area contributed by atoms with E-state index in [1.54, 1.807) is 0 Å². The highest BCUT2D eigenvalue weighted by Crippen LogP contribution is 2.53. The van der Waals surface area contributed by atoms with E-state index < -0.39 is 0 Å². The molecule has 1 aliphatic carbocycles. The van der Waals surface area contributed by atoms with Crippen molar-refractivity contribution < 1.29 is 4.42 Å². The molecule has 0 N–H and O–H groups in total. The topological polar surface area (TPSA) is 18.1 Å². The van der Waals surface area contributed by atoms with Crippen LogP contribution in [0, 0.1) is 0 Å². The number of benzene rings is 9. The molecule has 2 nitrogen and oxygen atoms in total. The molecule has 0 atom stereocenters. The summed E-state index contributed by atoms with van der Waals surface area (Å²) in [7, 11) is 0. The highest BCUT2D eigenvalue weighted by Gasteiger charge is 2.38. The van der Waals surface area contributed by atoms with E-state index in [0.717, 1.165) is 11.2 Å². The second-order valence-corrected chi connectivity index (χ2v) is 15.3. The maximum absolute atomic E-state index is 6.34. The third-order valence-electron chi connectivity index (χ3n) is 12.1. The first kappa shape index (κ1) is 29.0. The number of furan rings is 1. The molecule has 0 bridgehead atoms. The molecule has 2 aromatic heterocycles. The van der Waals surface area contributed by atoms with E-state index >= 15 is 0 Å². The standard InChI is InChI=1S/C51H33NO/c1-51(2)44-29-32(21-23-38(44)40-24-26-48-49(50(40)51)41-16-8-10-18-47(41)53-48)52-45-17-9-7-15-39(45)43-28-31(20-25-46(43)52)30-19-22-37-35-13-4-3-11-33(35)34-12-5-6-14-36(34)42(37)27-30/h3-29H,1-2H3. The van der Waals surface area contributed by atoms with Crippen LogP contribution < -0.4 is 0 Å². The summed E-state index contributed by atoms with van der Waals surface area (Å²) in [6.07, 6.45) is 0. The van der Waals surface area contributed by atoms with Crippen LogP contribution in [0.1, 0.15) is 25.0 Å². The Kier molecular flexibility index (Phi) is 5.60. The molecule has 12 rings (SSSR count). The Morgan fingerprint density at radius 3 is 1.74 bits per heavy atom. The van der Waals surface area contributed by atoms with E-state index in [2.05, 4.69) is 182 Å². The predicted octanol–water partition coefficient (Wildman–Crippen LogP) is 14.1. The number of hydrogen-bond donors (Lipinski definition) is 0. The highest BCUT2D eigenvalue weighted by molar-refractivity contribution is 6.26. The van der Waals surface area contributed by atoms with Crippen molar-refractivity contribution in [2.24, 2.45) is 0 Å². The molecule has 0 unspecified atom stereocenters. The van der Waals surface area contributed by atoms with E-state index in [4.69, 9.17) is 4.42 Å². The third-order valence-corrected chi connectivity index (χ3v) is 12.1. The molecule has 11 aromatic rings. The average Bonchev–Trinajstić information content (AvgIpc) is 3.82. The lowest BCUT2D eigenvalue weighted by Gasteiger charge is -2.23. The lowest BCUT2D eigenvalue weighted by atomic mass is 9.80. The van der Waals surface area contributed by atoms with Crippen LogP contribution in [-0.2, 0) is 5.41 Å².